The number of benzene rings is 1. The first-order valence-corrected chi connectivity index (χ1v) is 8.32. The van der Waals surface area contributed by atoms with E-state index in [0.717, 1.165) is 25.5 Å². The summed E-state index contributed by atoms with van der Waals surface area (Å²) >= 11 is 0. The van der Waals surface area contributed by atoms with Crippen LogP contribution in [0.2, 0.25) is 0 Å². The predicted octanol–water partition coefficient (Wildman–Crippen LogP) is 5.28. The van der Waals surface area contributed by atoms with E-state index in [1.165, 1.54) is 32.1 Å². The van der Waals surface area contributed by atoms with Gasteiger partial charge in [-0.05, 0) is 43.9 Å². The quantitative estimate of drug-likeness (QED) is 0.796. The van der Waals surface area contributed by atoms with Crippen molar-refractivity contribution in [2.75, 3.05) is 6.54 Å². The minimum Gasteiger partial charge on any atom is -0.310 e. The zero-order valence-corrected chi connectivity index (χ0v) is 13.2. The van der Waals surface area contributed by atoms with Crippen molar-refractivity contribution in [2.24, 2.45) is 5.92 Å². The number of hydrogen-bond acceptors (Lipinski definition) is 1. The monoisotopic (exact) mass is 295 g/mol. The fourth-order valence-electron chi connectivity index (χ4n) is 3.49. The van der Waals surface area contributed by atoms with Gasteiger partial charge in [0.25, 0.3) is 0 Å². The van der Waals surface area contributed by atoms with Gasteiger partial charge in [0.05, 0.1) is 0 Å². The van der Waals surface area contributed by atoms with Crippen LogP contribution in [0.25, 0.3) is 0 Å². The van der Waals surface area contributed by atoms with Gasteiger partial charge in [0, 0.05) is 17.7 Å². The summed E-state index contributed by atoms with van der Waals surface area (Å²) in [4.78, 5) is 0. The Morgan fingerprint density at radius 1 is 1.05 bits per heavy atom. The summed E-state index contributed by atoms with van der Waals surface area (Å²) in [5.74, 6) is -0.417. The molecule has 0 amide bonds. The molecule has 21 heavy (non-hydrogen) atoms. The molecular formula is C18H27F2N. The number of halogens is 2. The van der Waals surface area contributed by atoms with E-state index in [1.54, 1.807) is 13.0 Å². The van der Waals surface area contributed by atoms with Crippen LogP contribution in [-0.4, -0.2) is 6.54 Å². The van der Waals surface area contributed by atoms with E-state index in [-0.39, 0.29) is 6.04 Å². The van der Waals surface area contributed by atoms with Crippen molar-refractivity contribution in [3.05, 3.63) is 34.9 Å². The van der Waals surface area contributed by atoms with Gasteiger partial charge >= 0.3 is 0 Å². The van der Waals surface area contributed by atoms with E-state index in [4.69, 9.17) is 0 Å². The van der Waals surface area contributed by atoms with E-state index in [2.05, 4.69) is 5.32 Å². The molecule has 1 unspecified atom stereocenters. The number of aryl methyl sites for hydroxylation is 1. The second kappa shape index (κ2) is 7.88. The molecule has 1 aromatic rings. The molecule has 0 aliphatic heterocycles. The fraction of sp³-hybridized carbons (Fsp3) is 0.667. The van der Waals surface area contributed by atoms with Gasteiger partial charge in [-0.15, -0.1) is 0 Å². The molecule has 0 heterocycles. The number of rotatable bonds is 4. The molecule has 0 aromatic heterocycles. The van der Waals surface area contributed by atoms with Crippen LogP contribution in [0.15, 0.2) is 12.1 Å². The van der Waals surface area contributed by atoms with Crippen LogP contribution in [-0.2, 0) is 0 Å². The molecule has 0 saturated heterocycles. The molecule has 1 saturated carbocycles. The molecule has 118 valence electrons. The van der Waals surface area contributed by atoms with Crippen molar-refractivity contribution >= 4 is 0 Å². The van der Waals surface area contributed by atoms with Gasteiger partial charge in [0.1, 0.15) is 11.6 Å². The van der Waals surface area contributed by atoms with Gasteiger partial charge in [0.15, 0.2) is 0 Å². The summed E-state index contributed by atoms with van der Waals surface area (Å²) in [6, 6.07) is 2.74. The lowest BCUT2D eigenvalue weighted by atomic mass is 9.82. The summed E-state index contributed by atoms with van der Waals surface area (Å²) in [6.45, 7) is 4.56. The minimum absolute atomic E-state index is 0.00685. The Kier molecular flexibility index (Phi) is 6.16. The van der Waals surface area contributed by atoms with Gasteiger partial charge in [0.2, 0.25) is 0 Å². The van der Waals surface area contributed by atoms with E-state index in [0.29, 0.717) is 17.0 Å². The fourth-order valence-corrected chi connectivity index (χ4v) is 3.49. The number of nitrogens with one attached hydrogen (secondary N) is 1. The summed E-state index contributed by atoms with van der Waals surface area (Å²) in [6.07, 6.45) is 8.58. The molecule has 2 rings (SSSR count). The lowest BCUT2D eigenvalue weighted by Gasteiger charge is -2.30. The predicted molar refractivity (Wildman–Crippen MR) is 83.3 cm³/mol. The highest BCUT2D eigenvalue weighted by Gasteiger charge is 2.26. The SMILES string of the molecule is CCNC(c1cc(C)c(F)cc1F)C1CCCCCCC1. The molecule has 1 nitrogen and oxygen atoms in total. The molecule has 1 aromatic carbocycles. The molecule has 1 fully saturated rings. The van der Waals surface area contributed by atoms with E-state index < -0.39 is 11.6 Å². The summed E-state index contributed by atoms with van der Waals surface area (Å²) in [5.41, 5.74) is 1.17. The maximum atomic E-state index is 14.3. The Hall–Kier alpha value is -0.960. The summed E-state index contributed by atoms with van der Waals surface area (Å²) in [7, 11) is 0. The van der Waals surface area contributed by atoms with Gasteiger partial charge in [-0.25, -0.2) is 8.78 Å². The maximum absolute atomic E-state index is 14.3. The van der Waals surface area contributed by atoms with Crippen molar-refractivity contribution in [2.45, 2.75) is 64.8 Å². The highest BCUT2D eigenvalue weighted by Crippen LogP contribution is 2.34. The average Bonchev–Trinajstić information content (AvgIpc) is 2.41. The highest BCUT2D eigenvalue weighted by atomic mass is 19.1. The first-order chi connectivity index (χ1) is 10.1. The Bertz CT molecular complexity index is 451. The lowest BCUT2D eigenvalue weighted by Crippen LogP contribution is -2.30. The second-order valence-corrected chi connectivity index (χ2v) is 6.26. The zero-order chi connectivity index (χ0) is 15.2. The standard InChI is InChI=1S/C18H27F2N/c1-3-21-18(14-9-7-5-4-6-8-10-14)15-11-13(2)16(19)12-17(15)20/h11-12,14,18,21H,3-10H2,1-2H3. The molecule has 1 aliphatic carbocycles. The van der Waals surface area contributed by atoms with Crippen LogP contribution in [0.4, 0.5) is 8.78 Å². The smallest absolute Gasteiger partial charge is 0.130 e. The third-order valence-electron chi connectivity index (χ3n) is 4.66. The van der Waals surface area contributed by atoms with Crippen molar-refractivity contribution in [1.82, 2.24) is 5.32 Å². The van der Waals surface area contributed by atoms with Gasteiger partial charge in [-0.3, -0.25) is 0 Å². The second-order valence-electron chi connectivity index (χ2n) is 6.26. The highest BCUT2D eigenvalue weighted by molar-refractivity contribution is 5.28. The van der Waals surface area contributed by atoms with Crippen LogP contribution in [0.1, 0.15) is 69.0 Å². The molecule has 1 atom stereocenters. The first kappa shape index (κ1) is 16.4. The van der Waals surface area contributed by atoms with Crippen LogP contribution in [0, 0.1) is 24.5 Å². The van der Waals surface area contributed by atoms with Crippen LogP contribution in [0.3, 0.4) is 0 Å². The largest absolute Gasteiger partial charge is 0.310 e. The zero-order valence-electron chi connectivity index (χ0n) is 13.2. The van der Waals surface area contributed by atoms with Crippen LogP contribution in [0.5, 0.6) is 0 Å². The molecule has 1 aliphatic rings. The minimum atomic E-state index is -0.454. The van der Waals surface area contributed by atoms with E-state index in [1.807, 2.05) is 6.92 Å². The molecule has 0 bridgehead atoms. The Balaban J connectivity index is 2.26. The lowest BCUT2D eigenvalue weighted by molar-refractivity contribution is 0.286. The summed E-state index contributed by atoms with van der Waals surface area (Å²) < 4.78 is 27.8. The maximum Gasteiger partial charge on any atom is 0.130 e. The first-order valence-electron chi connectivity index (χ1n) is 8.32. The van der Waals surface area contributed by atoms with Gasteiger partial charge in [-0.2, -0.15) is 0 Å². The molecule has 0 radical (unpaired) electrons. The van der Waals surface area contributed by atoms with Crippen LogP contribution >= 0.6 is 0 Å². The number of hydrogen-bond donors (Lipinski definition) is 1. The third-order valence-corrected chi connectivity index (χ3v) is 4.66. The molecule has 0 spiro atoms. The Morgan fingerprint density at radius 2 is 1.67 bits per heavy atom. The van der Waals surface area contributed by atoms with E-state index in [9.17, 15) is 8.78 Å². The molecular weight excluding hydrogens is 268 g/mol. The molecule has 3 heteroatoms. The van der Waals surface area contributed by atoms with Gasteiger partial charge in [-0.1, -0.05) is 39.0 Å². The van der Waals surface area contributed by atoms with Crippen molar-refractivity contribution < 1.29 is 8.78 Å². The van der Waals surface area contributed by atoms with Crippen LogP contribution < -0.4 is 5.32 Å². The third kappa shape index (κ3) is 4.26. The van der Waals surface area contributed by atoms with Crippen molar-refractivity contribution in [3.8, 4) is 0 Å². The van der Waals surface area contributed by atoms with Gasteiger partial charge < -0.3 is 5.32 Å². The van der Waals surface area contributed by atoms with Crippen molar-refractivity contribution in [3.63, 3.8) is 0 Å². The average molecular weight is 295 g/mol. The Morgan fingerprint density at radius 3 is 2.29 bits per heavy atom. The van der Waals surface area contributed by atoms with Crippen molar-refractivity contribution in [1.29, 1.82) is 0 Å². The normalized spacial score (nSPS) is 19.0. The molecule has 1 N–H and O–H groups in total. The van der Waals surface area contributed by atoms with E-state index >= 15 is 0 Å². The summed E-state index contributed by atoms with van der Waals surface area (Å²) in [5, 5.41) is 3.44. The Labute approximate surface area is 127 Å². The topological polar surface area (TPSA) is 12.0 Å².